The van der Waals surface area contributed by atoms with Crippen molar-refractivity contribution in [2.75, 3.05) is 6.54 Å². The molecule has 1 N–H and O–H groups in total. The van der Waals surface area contributed by atoms with Gasteiger partial charge in [-0.3, -0.25) is 14.2 Å². The highest BCUT2D eigenvalue weighted by Gasteiger charge is 2.11. The number of aromatic nitrogens is 2. The predicted octanol–water partition coefficient (Wildman–Crippen LogP) is 3.26. The average molecular weight is 373 g/mol. The lowest BCUT2D eigenvalue weighted by molar-refractivity contribution is 0.0953. The lowest BCUT2D eigenvalue weighted by atomic mass is 10.1. The van der Waals surface area contributed by atoms with E-state index in [1.807, 2.05) is 30.3 Å². The Hall–Kier alpha value is -3.67. The first-order chi connectivity index (χ1) is 13.6. The van der Waals surface area contributed by atoms with Crippen molar-refractivity contribution >= 4 is 16.8 Å². The first-order valence-electron chi connectivity index (χ1n) is 9.03. The van der Waals surface area contributed by atoms with Crippen molar-refractivity contribution in [2.45, 2.75) is 13.3 Å². The SMILES string of the molecule is Cc1nc2ccccc2c(=O)n1-c1ccc(C(=O)NCCc2ccco2)cc1. The minimum absolute atomic E-state index is 0.126. The number of hydrogen-bond acceptors (Lipinski definition) is 4. The van der Waals surface area contributed by atoms with Crippen LogP contribution in [0.15, 0.2) is 76.1 Å². The summed E-state index contributed by atoms with van der Waals surface area (Å²) in [6.07, 6.45) is 2.25. The van der Waals surface area contributed by atoms with Gasteiger partial charge in [-0.1, -0.05) is 12.1 Å². The van der Waals surface area contributed by atoms with Gasteiger partial charge in [0.05, 0.1) is 22.9 Å². The molecule has 1 amide bonds. The summed E-state index contributed by atoms with van der Waals surface area (Å²) in [6.45, 7) is 2.28. The van der Waals surface area contributed by atoms with E-state index in [4.69, 9.17) is 4.42 Å². The first kappa shape index (κ1) is 17.7. The average Bonchev–Trinajstić information content (AvgIpc) is 3.22. The van der Waals surface area contributed by atoms with Crippen LogP contribution in [0.4, 0.5) is 0 Å². The molecule has 4 aromatic rings. The van der Waals surface area contributed by atoms with Crippen LogP contribution in [0.3, 0.4) is 0 Å². The second kappa shape index (κ2) is 7.52. The van der Waals surface area contributed by atoms with Crippen molar-refractivity contribution in [3.05, 3.63) is 94.4 Å². The summed E-state index contributed by atoms with van der Waals surface area (Å²) in [5, 5.41) is 3.43. The number of carbonyl (C=O) groups is 1. The van der Waals surface area contributed by atoms with Crippen molar-refractivity contribution in [3.63, 3.8) is 0 Å². The fraction of sp³-hybridized carbons (Fsp3) is 0.136. The number of fused-ring (bicyclic) bond motifs is 1. The Kier molecular flexibility index (Phi) is 4.76. The predicted molar refractivity (Wildman–Crippen MR) is 107 cm³/mol. The van der Waals surface area contributed by atoms with E-state index in [0.717, 1.165) is 5.76 Å². The molecule has 0 aliphatic carbocycles. The van der Waals surface area contributed by atoms with Crippen LogP contribution in [0.5, 0.6) is 0 Å². The van der Waals surface area contributed by atoms with Crippen LogP contribution < -0.4 is 10.9 Å². The molecule has 0 atom stereocenters. The molecule has 0 fully saturated rings. The number of furan rings is 1. The van der Waals surface area contributed by atoms with Gasteiger partial charge in [-0.2, -0.15) is 0 Å². The Bertz CT molecular complexity index is 1180. The van der Waals surface area contributed by atoms with Crippen LogP contribution in [0.2, 0.25) is 0 Å². The van der Waals surface area contributed by atoms with Crippen molar-refractivity contribution in [1.29, 1.82) is 0 Å². The molecule has 0 saturated heterocycles. The van der Waals surface area contributed by atoms with Crippen LogP contribution >= 0.6 is 0 Å². The maximum Gasteiger partial charge on any atom is 0.265 e. The maximum atomic E-state index is 12.9. The lowest BCUT2D eigenvalue weighted by Gasteiger charge is -2.11. The summed E-state index contributed by atoms with van der Waals surface area (Å²) in [6, 6.07) is 17.9. The topological polar surface area (TPSA) is 77.1 Å². The third-order valence-electron chi connectivity index (χ3n) is 4.57. The van der Waals surface area contributed by atoms with Gasteiger partial charge in [0.2, 0.25) is 0 Å². The molecule has 6 nitrogen and oxygen atoms in total. The minimum Gasteiger partial charge on any atom is -0.469 e. The van der Waals surface area contributed by atoms with Gasteiger partial charge in [0.1, 0.15) is 11.6 Å². The van der Waals surface area contributed by atoms with E-state index < -0.39 is 0 Å². The number of nitrogens with zero attached hydrogens (tertiary/aromatic N) is 2. The van der Waals surface area contributed by atoms with E-state index in [-0.39, 0.29) is 11.5 Å². The highest BCUT2D eigenvalue weighted by Crippen LogP contribution is 2.13. The van der Waals surface area contributed by atoms with E-state index in [0.29, 0.717) is 40.9 Å². The van der Waals surface area contributed by atoms with Crippen LogP contribution in [0, 0.1) is 6.92 Å². The molecule has 28 heavy (non-hydrogen) atoms. The molecule has 2 heterocycles. The quantitative estimate of drug-likeness (QED) is 0.582. The Morgan fingerprint density at radius 1 is 1.07 bits per heavy atom. The summed E-state index contributed by atoms with van der Waals surface area (Å²) >= 11 is 0. The molecule has 2 aromatic heterocycles. The van der Waals surface area contributed by atoms with Gasteiger partial charge in [-0.15, -0.1) is 0 Å². The summed E-state index contributed by atoms with van der Waals surface area (Å²) in [5.41, 5.74) is 1.75. The van der Waals surface area contributed by atoms with Crippen LogP contribution in [-0.2, 0) is 6.42 Å². The van der Waals surface area contributed by atoms with E-state index in [1.54, 1.807) is 48.1 Å². The molecular weight excluding hydrogens is 354 g/mol. The Labute approximate surface area is 161 Å². The number of hydrogen-bond donors (Lipinski definition) is 1. The molecule has 0 bridgehead atoms. The van der Waals surface area contributed by atoms with E-state index in [9.17, 15) is 9.59 Å². The van der Waals surface area contributed by atoms with Crippen molar-refractivity contribution < 1.29 is 9.21 Å². The number of amides is 1. The summed E-state index contributed by atoms with van der Waals surface area (Å²) < 4.78 is 6.81. The van der Waals surface area contributed by atoms with Gasteiger partial charge >= 0.3 is 0 Å². The number of carbonyl (C=O) groups excluding carboxylic acids is 1. The summed E-state index contributed by atoms with van der Waals surface area (Å²) in [5.74, 6) is 1.26. The second-order valence-corrected chi connectivity index (χ2v) is 6.45. The molecule has 2 aromatic carbocycles. The van der Waals surface area contributed by atoms with Crippen molar-refractivity contribution in [3.8, 4) is 5.69 Å². The van der Waals surface area contributed by atoms with E-state index >= 15 is 0 Å². The smallest absolute Gasteiger partial charge is 0.265 e. The monoisotopic (exact) mass is 373 g/mol. The number of aryl methyl sites for hydroxylation is 1. The van der Waals surface area contributed by atoms with Crippen LogP contribution in [-0.4, -0.2) is 22.0 Å². The van der Waals surface area contributed by atoms with Gasteiger partial charge < -0.3 is 9.73 Å². The summed E-state index contributed by atoms with van der Waals surface area (Å²) in [7, 11) is 0. The lowest BCUT2D eigenvalue weighted by Crippen LogP contribution is -2.26. The van der Waals surface area contributed by atoms with E-state index in [1.165, 1.54) is 0 Å². The third-order valence-corrected chi connectivity index (χ3v) is 4.57. The first-order valence-corrected chi connectivity index (χ1v) is 9.03. The zero-order valence-corrected chi connectivity index (χ0v) is 15.4. The molecule has 0 saturated carbocycles. The molecule has 0 radical (unpaired) electrons. The molecular formula is C22H19N3O3. The zero-order valence-electron chi connectivity index (χ0n) is 15.4. The molecule has 6 heteroatoms. The number of para-hydroxylation sites is 1. The zero-order chi connectivity index (χ0) is 19.5. The second-order valence-electron chi connectivity index (χ2n) is 6.45. The Balaban J connectivity index is 1.54. The highest BCUT2D eigenvalue weighted by atomic mass is 16.3. The molecule has 0 unspecified atom stereocenters. The maximum absolute atomic E-state index is 12.9. The van der Waals surface area contributed by atoms with Gasteiger partial charge in [-0.25, -0.2) is 4.98 Å². The fourth-order valence-electron chi connectivity index (χ4n) is 3.17. The summed E-state index contributed by atoms with van der Waals surface area (Å²) in [4.78, 5) is 29.7. The fourth-order valence-corrected chi connectivity index (χ4v) is 3.17. The number of nitrogens with one attached hydrogen (secondary N) is 1. The standard InChI is InChI=1S/C22H19N3O3/c1-15-24-20-7-3-2-6-19(20)22(27)25(15)17-10-8-16(9-11-17)21(26)23-13-12-18-5-4-14-28-18/h2-11,14H,12-13H2,1H3,(H,23,26). The van der Waals surface area contributed by atoms with Gasteiger partial charge in [0, 0.05) is 18.5 Å². The normalized spacial score (nSPS) is 10.9. The molecule has 0 aliphatic heterocycles. The number of benzene rings is 2. The van der Waals surface area contributed by atoms with Gasteiger partial charge in [0.15, 0.2) is 0 Å². The number of rotatable bonds is 5. The van der Waals surface area contributed by atoms with Crippen LogP contribution in [0.1, 0.15) is 21.9 Å². The largest absolute Gasteiger partial charge is 0.469 e. The Morgan fingerprint density at radius 3 is 2.61 bits per heavy atom. The van der Waals surface area contributed by atoms with Gasteiger partial charge in [0.25, 0.3) is 11.5 Å². The molecule has 140 valence electrons. The van der Waals surface area contributed by atoms with Crippen molar-refractivity contribution in [2.24, 2.45) is 0 Å². The van der Waals surface area contributed by atoms with Crippen LogP contribution in [0.25, 0.3) is 16.6 Å². The van der Waals surface area contributed by atoms with Gasteiger partial charge in [-0.05, 0) is 55.5 Å². The third kappa shape index (κ3) is 3.44. The molecule has 4 rings (SSSR count). The molecule has 0 spiro atoms. The minimum atomic E-state index is -0.168. The van der Waals surface area contributed by atoms with E-state index in [2.05, 4.69) is 10.3 Å². The molecule has 0 aliphatic rings. The highest BCUT2D eigenvalue weighted by molar-refractivity contribution is 5.94. The Morgan fingerprint density at radius 2 is 1.86 bits per heavy atom. The van der Waals surface area contributed by atoms with Crippen molar-refractivity contribution in [1.82, 2.24) is 14.9 Å².